The Balaban J connectivity index is 1.48. The highest BCUT2D eigenvalue weighted by Crippen LogP contribution is 2.23. The molecule has 1 aliphatic rings. The fourth-order valence-electron chi connectivity index (χ4n) is 3.22. The zero-order chi connectivity index (χ0) is 22.2. The largest absolute Gasteiger partial charge is 0.383 e. The molecule has 1 aromatic carbocycles. The SMILES string of the molecule is COCCNC(=O)CC1CCN(C(=O)c2nnc(C(=O)Nc3ccc(Cl)cc3)s2)CC1. The summed E-state index contributed by atoms with van der Waals surface area (Å²) in [6.07, 6.45) is 1.93. The molecule has 31 heavy (non-hydrogen) atoms. The van der Waals surface area contributed by atoms with Crippen molar-refractivity contribution < 1.29 is 19.1 Å². The number of carbonyl (C=O) groups excluding carboxylic acids is 3. The molecule has 0 unspecified atom stereocenters. The maximum Gasteiger partial charge on any atom is 0.286 e. The van der Waals surface area contributed by atoms with Crippen molar-refractivity contribution in [2.24, 2.45) is 5.92 Å². The predicted molar refractivity (Wildman–Crippen MR) is 117 cm³/mol. The number of benzene rings is 1. The van der Waals surface area contributed by atoms with E-state index in [9.17, 15) is 14.4 Å². The molecule has 166 valence electrons. The second kappa shape index (κ2) is 11.2. The number of halogens is 1. The first-order valence-electron chi connectivity index (χ1n) is 9.91. The van der Waals surface area contributed by atoms with Gasteiger partial charge in [-0.15, -0.1) is 10.2 Å². The molecule has 0 radical (unpaired) electrons. The smallest absolute Gasteiger partial charge is 0.286 e. The summed E-state index contributed by atoms with van der Waals surface area (Å²) in [5.74, 6) is -0.438. The number of rotatable bonds is 8. The summed E-state index contributed by atoms with van der Waals surface area (Å²) in [6, 6.07) is 6.68. The van der Waals surface area contributed by atoms with E-state index in [4.69, 9.17) is 16.3 Å². The molecule has 1 fully saturated rings. The molecule has 3 amide bonds. The molecule has 2 heterocycles. The number of carbonyl (C=O) groups is 3. The van der Waals surface area contributed by atoms with E-state index in [1.807, 2.05) is 0 Å². The number of hydrogen-bond donors (Lipinski definition) is 2. The minimum absolute atomic E-state index is 0.00212. The van der Waals surface area contributed by atoms with Gasteiger partial charge in [0.05, 0.1) is 6.61 Å². The number of methoxy groups -OCH3 is 1. The average molecular weight is 466 g/mol. The van der Waals surface area contributed by atoms with Gasteiger partial charge in [-0.2, -0.15) is 0 Å². The topological polar surface area (TPSA) is 114 Å². The van der Waals surface area contributed by atoms with Crippen LogP contribution in [0.1, 0.15) is 38.9 Å². The molecule has 0 aliphatic carbocycles. The highest BCUT2D eigenvalue weighted by molar-refractivity contribution is 7.15. The van der Waals surface area contributed by atoms with Crippen molar-refractivity contribution in [2.75, 3.05) is 38.7 Å². The van der Waals surface area contributed by atoms with Crippen LogP contribution in [0.5, 0.6) is 0 Å². The molecular formula is C20H24ClN5O4S. The van der Waals surface area contributed by atoms with Gasteiger partial charge in [0.15, 0.2) is 0 Å². The first-order chi connectivity index (χ1) is 15.0. The second-order valence-corrected chi connectivity index (χ2v) is 8.57. The first-order valence-corrected chi connectivity index (χ1v) is 11.1. The fourth-order valence-corrected chi connectivity index (χ4v) is 4.05. The van der Waals surface area contributed by atoms with Crippen LogP contribution in [0.25, 0.3) is 0 Å². The number of aromatic nitrogens is 2. The molecule has 2 N–H and O–H groups in total. The Labute approximate surface area is 189 Å². The van der Waals surface area contributed by atoms with Gasteiger partial charge in [-0.05, 0) is 43.0 Å². The number of nitrogens with zero attached hydrogens (tertiary/aromatic N) is 3. The Bertz CT molecular complexity index is 913. The van der Waals surface area contributed by atoms with Gasteiger partial charge in [0, 0.05) is 43.9 Å². The van der Waals surface area contributed by atoms with E-state index in [0.29, 0.717) is 43.4 Å². The van der Waals surface area contributed by atoms with Gasteiger partial charge in [-0.25, -0.2) is 0 Å². The summed E-state index contributed by atoms with van der Waals surface area (Å²) in [7, 11) is 1.59. The van der Waals surface area contributed by atoms with E-state index in [0.717, 1.165) is 24.2 Å². The second-order valence-electron chi connectivity index (χ2n) is 7.16. The van der Waals surface area contributed by atoms with Gasteiger partial charge in [-0.1, -0.05) is 22.9 Å². The van der Waals surface area contributed by atoms with Crippen molar-refractivity contribution in [3.8, 4) is 0 Å². The van der Waals surface area contributed by atoms with Crippen molar-refractivity contribution >= 4 is 46.3 Å². The third-order valence-electron chi connectivity index (χ3n) is 4.91. The lowest BCUT2D eigenvalue weighted by Crippen LogP contribution is -2.39. The van der Waals surface area contributed by atoms with Crippen LogP contribution < -0.4 is 10.6 Å². The normalized spacial score (nSPS) is 14.3. The molecule has 0 bridgehead atoms. The van der Waals surface area contributed by atoms with Gasteiger partial charge in [0.25, 0.3) is 11.8 Å². The van der Waals surface area contributed by atoms with Crippen molar-refractivity contribution in [2.45, 2.75) is 19.3 Å². The Morgan fingerprint density at radius 3 is 2.52 bits per heavy atom. The van der Waals surface area contributed by atoms with Crippen LogP contribution >= 0.6 is 22.9 Å². The Kier molecular flexibility index (Phi) is 8.33. The number of likely N-dealkylation sites (tertiary alicyclic amines) is 1. The Hall–Kier alpha value is -2.56. The lowest BCUT2D eigenvalue weighted by atomic mass is 9.93. The molecule has 1 saturated heterocycles. The standard InChI is InChI=1S/C20H24ClN5O4S/c1-30-11-8-22-16(27)12-13-6-9-26(10-7-13)20(29)19-25-24-18(31-19)17(28)23-15-4-2-14(21)3-5-15/h2-5,13H,6-12H2,1H3,(H,22,27)(H,23,28). The summed E-state index contributed by atoms with van der Waals surface area (Å²) in [4.78, 5) is 38.7. The minimum atomic E-state index is -0.433. The van der Waals surface area contributed by atoms with Crippen LogP contribution in [0.3, 0.4) is 0 Å². The number of nitrogens with one attached hydrogen (secondary N) is 2. The van der Waals surface area contributed by atoms with Gasteiger partial charge >= 0.3 is 0 Å². The predicted octanol–water partition coefficient (Wildman–Crippen LogP) is 2.45. The van der Waals surface area contributed by atoms with E-state index >= 15 is 0 Å². The van der Waals surface area contributed by atoms with Crippen LogP contribution in [-0.2, 0) is 9.53 Å². The molecular weight excluding hydrogens is 442 g/mol. The number of anilines is 1. The summed E-state index contributed by atoms with van der Waals surface area (Å²) < 4.78 is 4.92. The number of amides is 3. The van der Waals surface area contributed by atoms with E-state index in [1.54, 1.807) is 36.3 Å². The van der Waals surface area contributed by atoms with Crippen molar-refractivity contribution in [1.82, 2.24) is 20.4 Å². The quantitative estimate of drug-likeness (QED) is 0.579. The average Bonchev–Trinajstić information content (AvgIpc) is 3.26. The maximum atomic E-state index is 12.7. The minimum Gasteiger partial charge on any atom is -0.383 e. The molecule has 9 nitrogen and oxygen atoms in total. The molecule has 0 saturated carbocycles. The molecule has 0 spiro atoms. The van der Waals surface area contributed by atoms with Gasteiger partial charge in [-0.3, -0.25) is 14.4 Å². The van der Waals surface area contributed by atoms with E-state index in [1.165, 1.54) is 0 Å². The van der Waals surface area contributed by atoms with Crippen LogP contribution in [-0.4, -0.2) is 66.2 Å². The zero-order valence-corrected chi connectivity index (χ0v) is 18.7. The van der Waals surface area contributed by atoms with E-state index in [-0.39, 0.29) is 27.7 Å². The molecule has 11 heteroatoms. The number of ether oxygens (including phenoxy) is 1. The van der Waals surface area contributed by atoms with Gasteiger partial charge in [0.2, 0.25) is 15.9 Å². The monoisotopic (exact) mass is 465 g/mol. The van der Waals surface area contributed by atoms with Crippen LogP contribution in [0, 0.1) is 5.92 Å². The highest BCUT2D eigenvalue weighted by Gasteiger charge is 2.27. The lowest BCUT2D eigenvalue weighted by molar-refractivity contribution is -0.122. The Morgan fingerprint density at radius 1 is 1.16 bits per heavy atom. The molecule has 1 aliphatic heterocycles. The number of piperidine rings is 1. The van der Waals surface area contributed by atoms with Crippen molar-refractivity contribution in [3.63, 3.8) is 0 Å². The van der Waals surface area contributed by atoms with Gasteiger partial charge in [0.1, 0.15) is 0 Å². The summed E-state index contributed by atoms with van der Waals surface area (Å²) in [5, 5.41) is 14.1. The van der Waals surface area contributed by atoms with E-state index < -0.39 is 5.91 Å². The van der Waals surface area contributed by atoms with Crippen molar-refractivity contribution in [1.29, 1.82) is 0 Å². The highest BCUT2D eigenvalue weighted by atomic mass is 35.5. The van der Waals surface area contributed by atoms with Crippen molar-refractivity contribution in [3.05, 3.63) is 39.3 Å². The first kappa shape index (κ1) is 23.1. The maximum absolute atomic E-state index is 12.7. The van der Waals surface area contributed by atoms with E-state index in [2.05, 4.69) is 20.8 Å². The zero-order valence-electron chi connectivity index (χ0n) is 17.1. The third kappa shape index (κ3) is 6.71. The summed E-state index contributed by atoms with van der Waals surface area (Å²) >= 11 is 6.80. The van der Waals surface area contributed by atoms with Crippen LogP contribution in [0.15, 0.2) is 24.3 Å². The van der Waals surface area contributed by atoms with Crippen LogP contribution in [0.2, 0.25) is 5.02 Å². The third-order valence-corrected chi connectivity index (χ3v) is 6.07. The van der Waals surface area contributed by atoms with Gasteiger partial charge < -0.3 is 20.3 Å². The Morgan fingerprint density at radius 2 is 1.84 bits per heavy atom. The summed E-state index contributed by atoms with van der Waals surface area (Å²) in [5.41, 5.74) is 0.575. The van der Waals surface area contributed by atoms with Crippen LogP contribution in [0.4, 0.5) is 5.69 Å². The summed E-state index contributed by atoms with van der Waals surface area (Å²) in [6.45, 7) is 2.07. The number of hydrogen-bond acceptors (Lipinski definition) is 7. The molecule has 0 atom stereocenters. The molecule has 3 rings (SSSR count). The molecule has 2 aromatic rings. The molecule has 1 aromatic heterocycles. The lowest BCUT2D eigenvalue weighted by Gasteiger charge is -2.31. The fraction of sp³-hybridized carbons (Fsp3) is 0.450.